The standard InChI is InChI=1S/C15H30N4O2S2/c1-23(20,21)13-6-4-11(5-7-13)15-18-14(10-17-19-15)16-9-12-3-2-8-22-12/h11-19H,2-10H2,1H3. The molecule has 0 aromatic rings. The third-order valence-electron chi connectivity index (χ3n) is 5.36. The van der Waals surface area contributed by atoms with Crippen molar-refractivity contribution in [3.63, 3.8) is 0 Å². The Morgan fingerprint density at radius 3 is 2.61 bits per heavy atom. The zero-order valence-electron chi connectivity index (χ0n) is 13.9. The molecular formula is C15H30N4O2S2. The smallest absolute Gasteiger partial charge is 0.150 e. The quantitative estimate of drug-likeness (QED) is 0.564. The van der Waals surface area contributed by atoms with Crippen LogP contribution in [-0.2, 0) is 9.84 Å². The van der Waals surface area contributed by atoms with Gasteiger partial charge in [0.05, 0.1) is 17.6 Å². The first-order chi connectivity index (χ1) is 11.0. The van der Waals surface area contributed by atoms with Gasteiger partial charge in [0, 0.05) is 24.6 Å². The fourth-order valence-corrected chi connectivity index (χ4v) is 6.24. The van der Waals surface area contributed by atoms with E-state index in [1.807, 2.05) is 0 Å². The summed E-state index contributed by atoms with van der Waals surface area (Å²) in [7, 11) is -2.88. The van der Waals surface area contributed by atoms with Crippen molar-refractivity contribution in [2.45, 2.75) is 61.4 Å². The minimum Gasteiger partial charge on any atom is -0.300 e. The summed E-state index contributed by atoms with van der Waals surface area (Å²) in [5.74, 6) is 1.79. The van der Waals surface area contributed by atoms with Gasteiger partial charge in [-0.05, 0) is 50.2 Å². The first-order valence-electron chi connectivity index (χ1n) is 8.80. The van der Waals surface area contributed by atoms with Crippen molar-refractivity contribution in [2.75, 3.05) is 25.1 Å². The van der Waals surface area contributed by atoms with Crippen molar-refractivity contribution in [1.82, 2.24) is 21.5 Å². The highest BCUT2D eigenvalue weighted by atomic mass is 32.2. The molecule has 3 fully saturated rings. The maximum Gasteiger partial charge on any atom is 0.150 e. The Kier molecular flexibility index (Phi) is 6.25. The van der Waals surface area contributed by atoms with E-state index in [9.17, 15) is 8.42 Å². The lowest BCUT2D eigenvalue weighted by atomic mass is 9.86. The summed E-state index contributed by atoms with van der Waals surface area (Å²) < 4.78 is 23.4. The van der Waals surface area contributed by atoms with Crippen LogP contribution in [0.2, 0.25) is 0 Å². The average molecular weight is 363 g/mol. The molecule has 23 heavy (non-hydrogen) atoms. The van der Waals surface area contributed by atoms with E-state index >= 15 is 0 Å². The van der Waals surface area contributed by atoms with Crippen molar-refractivity contribution in [3.05, 3.63) is 0 Å². The molecular weight excluding hydrogens is 332 g/mol. The fourth-order valence-electron chi connectivity index (χ4n) is 3.90. The maximum absolute atomic E-state index is 11.7. The second-order valence-electron chi connectivity index (χ2n) is 7.13. The third-order valence-corrected chi connectivity index (χ3v) is 8.44. The van der Waals surface area contributed by atoms with Crippen LogP contribution in [-0.4, -0.2) is 56.3 Å². The number of hydrogen-bond donors (Lipinski definition) is 4. The summed E-state index contributed by atoms with van der Waals surface area (Å²) in [6, 6.07) is 0. The number of rotatable bonds is 5. The van der Waals surface area contributed by atoms with Crippen LogP contribution in [0.5, 0.6) is 0 Å². The lowest BCUT2D eigenvalue weighted by molar-refractivity contribution is 0.151. The molecule has 6 nitrogen and oxygen atoms in total. The molecule has 1 saturated carbocycles. The van der Waals surface area contributed by atoms with Crippen LogP contribution in [0.25, 0.3) is 0 Å². The van der Waals surface area contributed by atoms with Gasteiger partial charge in [-0.2, -0.15) is 11.8 Å². The van der Waals surface area contributed by atoms with Gasteiger partial charge >= 0.3 is 0 Å². The molecule has 3 rings (SSSR count). The lowest BCUT2D eigenvalue weighted by Gasteiger charge is -2.40. The molecule has 1 aliphatic carbocycles. The van der Waals surface area contributed by atoms with Crippen molar-refractivity contribution in [3.8, 4) is 0 Å². The Balaban J connectivity index is 1.43. The van der Waals surface area contributed by atoms with Crippen LogP contribution >= 0.6 is 11.8 Å². The molecule has 2 heterocycles. The van der Waals surface area contributed by atoms with Crippen LogP contribution in [0.15, 0.2) is 0 Å². The Labute approximate surface area is 144 Å². The van der Waals surface area contributed by atoms with Crippen LogP contribution in [0.1, 0.15) is 38.5 Å². The van der Waals surface area contributed by atoms with E-state index in [1.165, 1.54) is 24.9 Å². The van der Waals surface area contributed by atoms with Crippen molar-refractivity contribution >= 4 is 21.6 Å². The summed E-state index contributed by atoms with van der Waals surface area (Å²) >= 11 is 2.08. The Morgan fingerprint density at radius 2 is 1.96 bits per heavy atom. The monoisotopic (exact) mass is 362 g/mol. The van der Waals surface area contributed by atoms with Crippen LogP contribution in [0, 0.1) is 5.92 Å². The fraction of sp³-hybridized carbons (Fsp3) is 1.00. The van der Waals surface area contributed by atoms with E-state index < -0.39 is 9.84 Å². The molecule has 134 valence electrons. The first kappa shape index (κ1) is 17.9. The normalized spacial score (nSPS) is 39.4. The van der Waals surface area contributed by atoms with Crippen LogP contribution in [0.4, 0.5) is 0 Å². The molecule has 8 heteroatoms. The van der Waals surface area contributed by atoms with Gasteiger partial charge in [-0.25, -0.2) is 13.8 Å². The van der Waals surface area contributed by atoms with Crippen LogP contribution < -0.4 is 21.5 Å². The van der Waals surface area contributed by atoms with Crippen molar-refractivity contribution in [1.29, 1.82) is 0 Å². The van der Waals surface area contributed by atoms with Gasteiger partial charge in [0.15, 0.2) is 0 Å². The van der Waals surface area contributed by atoms with Gasteiger partial charge < -0.3 is 0 Å². The number of nitrogens with one attached hydrogen (secondary N) is 4. The van der Waals surface area contributed by atoms with Crippen molar-refractivity contribution in [2.24, 2.45) is 5.92 Å². The molecule has 2 saturated heterocycles. The number of sulfone groups is 1. The zero-order valence-corrected chi connectivity index (χ0v) is 15.5. The molecule has 3 atom stereocenters. The first-order valence-corrected chi connectivity index (χ1v) is 11.8. The molecule has 0 spiro atoms. The van der Waals surface area contributed by atoms with E-state index in [0.717, 1.165) is 44.0 Å². The molecule has 0 amide bonds. The van der Waals surface area contributed by atoms with Crippen LogP contribution in [0.3, 0.4) is 0 Å². The van der Waals surface area contributed by atoms with Crippen molar-refractivity contribution < 1.29 is 8.42 Å². The maximum atomic E-state index is 11.7. The molecule has 0 radical (unpaired) electrons. The highest BCUT2D eigenvalue weighted by Crippen LogP contribution is 2.30. The minimum absolute atomic E-state index is 0.136. The van der Waals surface area contributed by atoms with Gasteiger partial charge in [0.2, 0.25) is 0 Å². The van der Waals surface area contributed by atoms with E-state index in [2.05, 4.69) is 33.2 Å². The molecule has 0 aromatic heterocycles. The van der Waals surface area contributed by atoms with Gasteiger partial charge in [-0.15, -0.1) is 0 Å². The Hall–Kier alpha value is 0.140. The van der Waals surface area contributed by atoms with E-state index in [1.54, 1.807) is 0 Å². The molecule has 0 aromatic carbocycles. The minimum atomic E-state index is -2.88. The SMILES string of the molecule is CS(=O)(=O)C1CCC(C2NNCC(NCC3CCCS3)N2)CC1. The highest BCUT2D eigenvalue weighted by molar-refractivity contribution is 8.00. The van der Waals surface area contributed by atoms with Gasteiger partial charge in [0.25, 0.3) is 0 Å². The Bertz CT molecular complexity index is 474. The highest BCUT2D eigenvalue weighted by Gasteiger charge is 2.34. The second kappa shape index (κ2) is 8.01. The van der Waals surface area contributed by atoms with Gasteiger partial charge in [0.1, 0.15) is 9.84 Å². The van der Waals surface area contributed by atoms with Gasteiger partial charge in [-0.1, -0.05) is 0 Å². The summed E-state index contributed by atoms with van der Waals surface area (Å²) in [4.78, 5) is 0. The van der Waals surface area contributed by atoms with E-state index in [4.69, 9.17) is 0 Å². The topological polar surface area (TPSA) is 82.3 Å². The zero-order chi connectivity index (χ0) is 16.3. The largest absolute Gasteiger partial charge is 0.300 e. The molecule has 2 aliphatic heterocycles. The number of thioether (sulfide) groups is 1. The summed E-state index contributed by atoms with van der Waals surface area (Å²) in [6.07, 6.45) is 8.08. The number of hydrogen-bond acceptors (Lipinski definition) is 7. The number of hydrazine groups is 1. The molecule has 4 N–H and O–H groups in total. The molecule has 0 bridgehead atoms. The molecule has 3 unspecified atom stereocenters. The lowest BCUT2D eigenvalue weighted by Crippen LogP contribution is -2.68. The average Bonchev–Trinajstić information content (AvgIpc) is 3.06. The Morgan fingerprint density at radius 1 is 1.17 bits per heavy atom. The summed E-state index contributed by atoms with van der Waals surface area (Å²) in [6.45, 7) is 1.93. The van der Waals surface area contributed by atoms with Gasteiger partial charge in [-0.3, -0.25) is 16.1 Å². The third kappa shape index (κ3) is 5.06. The van der Waals surface area contributed by atoms with E-state index in [0.29, 0.717) is 5.92 Å². The predicted molar refractivity (Wildman–Crippen MR) is 95.9 cm³/mol. The summed E-state index contributed by atoms with van der Waals surface area (Å²) in [5, 5.41) is 7.92. The molecule has 3 aliphatic rings. The second-order valence-corrected chi connectivity index (χ2v) is 10.9. The van der Waals surface area contributed by atoms with E-state index in [-0.39, 0.29) is 17.6 Å². The summed E-state index contributed by atoms with van der Waals surface area (Å²) in [5.41, 5.74) is 6.64. The predicted octanol–water partition coefficient (Wildman–Crippen LogP) is 0.425.